The average molecular weight is 451 g/mol. The van der Waals surface area contributed by atoms with Gasteiger partial charge in [0.15, 0.2) is 5.13 Å². The predicted octanol–water partition coefficient (Wildman–Crippen LogP) is 6.78. The van der Waals surface area contributed by atoms with Crippen molar-refractivity contribution in [2.75, 3.05) is 4.90 Å². The summed E-state index contributed by atoms with van der Waals surface area (Å²) >= 11 is 3.38. The van der Waals surface area contributed by atoms with E-state index in [1.54, 1.807) is 22.5 Å². The summed E-state index contributed by atoms with van der Waals surface area (Å²) in [7, 11) is 0. The second kappa shape index (κ2) is 9.28. The number of hydrogen-bond acceptors (Lipinski definition) is 5. The molecule has 0 aliphatic carbocycles. The van der Waals surface area contributed by atoms with Gasteiger partial charge in [0.2, 0.25) is 5.91 Å². The van der Waals surface area contributed by atoms with Crippen LogP contribution in [0.25, 0.3) is 10.2 Å². The SMILES string of the molecule is Cc1cc(C)c2sc(N(Cc3ccco3)C(=O)Cc3ccc(SC(C)C)cc3)nc2c1. The van der Waals surface area contributed by atoms with Crippen molar-refractivity contribution in [1.29, 1.82) is 0 Å². The third-order valence-electron chi connectivity index (χ3n) is 4.89. The molecule has 2 heterocycles. The number of thiazole rings is 1. The van der Waals surface area contributed by atoms with Crippen molar-refractivity contribution in [1.82, 2.24) is 4.98 Å². The summed E-state index contributed by atoms with van der Waals surface area (Å²) in [6.07, 6.45) is 1.95. The lowest BCUT2D eigenvalue weighted by Gasteiger charge is -2.19. The molecule has 31 heavy (non-hydrogen) atoms. The molecule has 0 saturated carbocycles. The maximum absolute atomic E-state index is 13.4. The molecule has 6 heteroatoms. The van der Waals surface area contributed by atoms with Crippen LogP contribution in [-0.2, 0) is 17.8 Å². The quantitative estimate of drug-likeness (QED) is 0.291. The van der Waals surface area contributed by atoms with Crippen molar-refractivity contribution in [2.45, 2.75) is 50.8 Å². The van der Waals surface area contributed by atoms with E-state index in [1.807, 2.05) is 36.0 Å². The highest BCUT2D eigenvalue weighted by atomic mass is 32.2. The van der Waals surface area contributed by atoms with Gasteiger partial charge < -0.3 is 4.42 Å². The fourth-order valence-electron chi connectivity index (χ4n) is 3.53. The van der Waals surface area contributed by atoms with E-state index in [-0.39, 0.29) is 5.91 Å². The first-order valence-electron chi connectivity index (χ1n) is 10.3. The lowest BCUT2D eigenvalue weighted by molar-refractivity contribution is -0.118. The molecular formula is C25H26N2O2S2. The smallest absolute Gasteiger partial charge is 0.233 e. The van der Waals surface area contributed by atoms with Gasteiger partial charge in [0.25, 0.3) is 0 Å². The largest absolute Gasteiger partial charge is 0.467 e. The zero-order valence-corrected chi connectivity index (χ0v) is 19.8. The summed E-state index contributed by atoms with van der Waals surface area (Å²) in [5.41, 5.74) is 4.29. The molecule has 0 fully saturated rings. The van der Waals surface area contributed by atoms with E-state index in [1.165, 1.54) is 16.0 Å². The summed E-state index contributed by atoms with van der Waals surface area (Å²) in [4.78, 5) is 21.1. The van der Waals surface area contributed by atoms with Crippen LogP contribution in [-0.4, -0.2) is 16.1 Å². The molecule has 0 aliphatic heterocycles. The Hall–Kier alpha value is -2.57. The topological polar surface area (TPSA) is 46.3 Å². The van der Waals surface area contributed by atoms with Crippen molar-refractivity contribution >= 4 is 44.4 Å². The first-order valence-corrected chi connectivity index (χ1v) is 12.0. The van der Waals surface area contributed by atoms with Gasteiger partial charge in [0, 0.05) is 10.1 Å². The van der Waals surface area contributed by atoms with Crippen LogP contribution in [0.5, 0.6) is 0 Å². The number of anilines is 1. The van der Waals surface area contributed by atoms with Crippen molar-refractivity contribution in [3.8, 4) is 0 Å². The van der Waals surface area contributed by atoms with E-state index in [9.17, 15) is 4.79 Å². The molecule has 4 nitrogen and oxygen atoms in total. The Morgan fingerprint density at radius 3 is 2.61 bits per heavy atom. The van der Waals surface area contributed by atoms with E-state index in [0.717, 1.165) is 21.5 Å². The van der Waals surface area contributed by atoms with Crippen LogP contribution in [0.4, 0.5) is 5.13 Å². The van der Waals surface area contributed by atoms with Gasteiger partial charge in [-0.1, -0.05) is 43.4 Å². The summed E-state index contributed by atoms with van der Waals surface area (Å²) in [6, 6.07) is 16.2. The second-order valence-corrected chi connectivity index (χ2v) is 10.6. The van der Waals surface area contributed by atoms with Gasteiger partial charge in [-0.25, -0.2) is 4.98 Å². The Morgan fingerprint density at radius 1 is 1.16 bits per heavy atom. The van der Waals surface area contributed by atoms with Crippen LogP contribution in [0, 0.1) is 13.8 Å². The number of benzene rings is 2. The van der Waals surface area contributed by atoms with Crippen molar-refractivity contribution in [3.63, 3.8) is 0 Å². The lowest BCUT2D eigenvalue weighted by Crippen LogP contribution is -2.31. The fourth-order valence-corrected chi connectivity index (χ4v) is 5.40. The number of hydrogen-bond donors (Lipinski definition) is 0. The number of aryl methyl sites for hydroxylation is 2. The Morgan fingerprint density at radius 2 is 1.94 bits per heavy atom. The first kappa shape index (κ1) is 21.7. The molecule has 4 aromatic rings. The summed E-state index contributed by atoms with van der Waals surface area (Å²) in [5, 5.41) is 1.24. The minimum Gasteiger partial charge on any atom is -0.467 e. The Balaban J connectivity index is 1.62. The van der Waals surface area contributed by atoms with Gasteiger partial charge in [0.1, 0.15) is 5.76 Å². The van der Waals surface area contributed by atoms with Crippen LogP contribution in [0.2, 0.25) is 0 Å². The van der Waals surface area contributed by atoms with Crippen LogP contribution in [0.3, 0.4) is 0 Å². The molecule has 0 saturated heterocycles. The molecule has 160 valence electrons. The molecule has 0 unspecified atom stereocenters. The van der Waals surface area contributed by atoms with Gasteiger partial charge in [-0.15, -0.1) is 11.8 Å². The van der Waals surface area contributed by atoms with Crippen molar-refractivity contribution in [3.05, 3.63) is 77.2 Å². The number of nitrogens with zero attached hydrogens (tertiary/aromatic N) is 2. The van der Waals surface area contributed by atoms with Crippen molar-refractivity contribution < 1.29 is 9.21 Å². The monoisotopic (exact) mass is 450 g/mol. The third kappa shape index (κ3) is 5.20. The normalized spacial score (nSPS) is 11.4. The Labute approximate surface area is 191 Å². The molecule has 0 bridgehead atoms. The van der Waals surface area contributed by atoms with Gasteiger partial charge >= 0.3 is 0 Å². The van der Waals surface area contributed by atoms with Gasteiger partial charge in [0.05, 0.1) is 29.4 Å². The Bertz CT molecular complexity index is 1180. The fraction of sp³-hybridized carbons (Fsp3) is 0.280. The lowest BCUT2D eigenvalue weighted by atomic mass is 10.1. The number of fused-ring (bicyclic) bond motifs is 1. The first-order chi connectivity index (χ1) is 14.9. The van der Waals surface area contributed by atoms with Gasteiger partial charge in [-0.2, -0.15) is 0 Å². The predicted molar refractivity (Wildman–Crippen MR) is 130 cm³/mol. The maximum Gasteiger partial charge on any atom is 0.233 e. The van der Waals surface area contributed by atoms with Crippen LogP contribution < -0.4 is 4.90 Å². The minimum atomic E-state index is 0.00842. The summed E-state index contributed by atoms with van der Waals surface area (Å²) in [5.74, 6) is 0.748. The molecule has 2 aromatic carbocycles. The minimum absolute atomic E-state index is 0.00842. The number of thioether (sulfide) groups is 1. The molecule has 0 radical (unpaired) electrons. The number of aromatic nitrogens is 1. The molecule has 4 rings (SSSR count). The molecule has 0 aliphatic rings. The van der Waals surface area contributed by atoms with E-state index in [2.05, 4.69) is 52.0 Å². The highest BCUT2D eigenvalue weighted by Gasteiger charge is 2.22. The number of furan rings is 1. The zero-order chi connectivity index (χ0) is 22.0. The molecule has 0 atom stereocenters. The highest BCUT2D eigenvalue weighted by molar-refractivity contribution is 7.99. The van der Waals surface area contributed by atoms with Gasteiger partial charge in [-0.3, -0.25) is 9.69 Å². The molecule has 1 amide bonds. The van der Waals surface area contributed by atoms with Gasteiger partial charge in [-0.05, 0) is 60.9 Å². The summed E-state index contributed by atoms with van der Waals surface area (Å²) in [6.45, 7) is 8.88. The number of amides is 1. The zero-order valence-electron chi connectivity index (χ0n) is 18.2. The van der Waals surface area contributed by atoms with Crippen LogP contribution in [0.15, 0.2) is 64.1 Å². The average Bonchev–Trinajstić information content (AvgIpc) is 3.36. The van der Waals surface area contributed by atoms with Crippen molar-refractivity contribution in [2.24, 2.45) is 0 Å². The molecule has 2 aromatic heterocycles. The highest BCUT2D eigenvalue weighted by Crippen LogP contribution is 2.33. The third-order valence-corrected chi connectivity index (χ3v) is 7.13. The number of rotatable bonds is 7. The molecular weight excluding hydrogens is 424 g/mol. The van der Waals surface area contributed by atoms with Crippen LogP contribution >= 0.6 is 23.1 Å². The number of carbonyl (C=O) groups is 1. The van der Waals surface area contributed by atoms with E-state index in [0.29, 0.717) is 23.3 Å². The Kier molecular flexibility index (Phi) is 6.49. The molecule has 0 N–H and O–H groups in total. The molecule has 0 spiro atoms. The second-order valence-electron chi connectivity index (χ2n) is 7.97. The van der Waals surface area contributed by atoms with E-state index in [4.69, 9.17) is 9.40 Å². The van der Waals surface area contributed by atoms with Crippen LogP contribution in [0.1, 0.15) is 36.3 Å². The maximum atomic E-state index is 13.4. The van der Waals surface area contributed by atoms with E-state index < -0.39 is 0 Å². The number of carbonyl (C=O) groups excluding carboxylic acids is 1. The summed E-state index contributed by atoms with van der Waals surface area (Å²) < 4.78 is 6.65. The van der Waals surface area contributed by atoms with E-state index >= 15 is 0 Å². The standard InChI is InChI=1S/C25H26N2O2S2/c1-16(2)30-21-9-7-19(8-10-21)14-23(28)27(15-20-6-5-11-29-20)25-26-22-13-17(3)12-18(4)24(22)31-25/h5-13,16H,14-15H2,1-4H3.